The predicted molar refractivity (Wildman–Crippen MR) is 71.0 cm³/mol. The van der Waals surface area contributed by atoms with Crippen LogP contribution in [0.15, 0.2) is 48.5 Å². The Balaban J connectivity index is 2.03. The van der Waals surface area contributed by atoms with Crippen LogP contribution in [0.3, 0.4) is 0 Å². The van der Waals surface area contributed by atoms with E-state index in [1.54, 1.807) is 36.4 Å². The maximum Gasteiger partial charge on any atom is 0.213 e. The molecule has 0 saturated heterocycles. The van der Waals surface area contributed by atoms with Crippen LogP contribution >= 0.6 is 0 Å². The molecule has 3 nitrogen and oxygen atoms in total. The van der Waals surface area contributed by atoms with Crippen molar-refractivity contribution in [1.29, 1.82) is 5.41 Å². The molecule has 0 aliphatic heterocycles. The van der Waals surface area contributed by atoms with Crippen molar-refractivity contribution in [3.05, 3.63) is 65.5 Å². The van der Waals surface area contributed by atoms with E-state index in [-0.39, 0.29) is 11.7 Å². The van der Waals surface area contributed by atoms with Crippen LogP contribution in [0.2, 0.25) is 0 Å². The van der Waals surface area contributed by atoms with Gasteiger partial charge < -0.3 is 9.47 Å². The Kier molecular flexibility index (Phi) is 4.13. The maximum absolute atomic E-state index is 12.8. The predicted octanol–water partition coefficient (Wildman–Crippen LogP) is 3.38. The van der Waals surface area contributed by atoms with E-state index in [1.165, 1.54) is 19.2 Å². The second-order valence-electron chi connectivity index (χ2n) is 3.98. The zero-order valence-electron chi connectivity index (χ0n) is 10.5. The molecular weight excluding hydrogens is 245 g/mol. The van der Waals surface area contributed by atoms with Crippen LogP contribution in [0.5, 0.6) is 5.75 Å². The minimum Gasteiger partial charge on any atom is -0.489 e. The molecule has 0 aromatic heterocycles. The summed E-state index contributed by atoms with van der Waals surface area (Å²) in [5.74, 6) is 0.468. The zero-order chi connectivity index (χ0) is 13.7. The molecule has 0 unspecified atom stereocenters. The second kappa shape index (κ2) is 6.00. The number of nitrogens with one attached hydrogen (secondary N) is 1. The monoisotopic (exact) mass is 259 g/mol. The van der Waals surface area contributed by atoms with Crippen LogP contribution in [-0.4, -0.2) is 13.0 Å². The molecule has 0 aliphatic carbocycles. The van der Waals surface area contributed by atoms with Crippen LogP contribution < -0.4 is 4.74 Å². The normalized spacial score (nSPS) is 10.0. The molecular formula is C15H14FNO2. The number of ether oxygens (including phenoxy) is 2. The standard InChI is InChI=1S/C15H14FNO2/c1-18-15(17)12-3-2-4-14(9-12)19-10-11-5-7-13(16)8-6-11/h2-9,17H,10H2,1H3. The third-order valence-corrected chi connectivity index (χ3v) is 2.62. The summed E-state index contributed by atoms with van der Waals surface area (Å²) in [6, 6.07) is 13.3. The number of hydrogen-bond donors (Lipinski definition) is 1. The van der Waals surface area contributed by atoms with E-state index in [0.29, 0.717) is 17.9 Å². The lowest BCUT2D eigenvalue weighted by Gasteiger charge is -2.08. The van der Waals surface area contributed by atoms with Crippen molar-refractivity contribution in [2.45, 2.75) is 6.61 Å². The summed E-state index contributed by atoms with van der Waals surface area (Å²) in [7, 11) is 1.45. The summed E-state index contributed by atoms with van der Waals surface area (Å²) in [4.78, 5) is 0. The van der Waals surface area contributed by atoms with Crippen molar-refractivity contribution in [3.8, 4) is 5.75 Å². The third-order valence-electron chi connectivity index (χ3n) is 2.62. The van der Waals surface area contributed by atoms with Gasteiger partial charge in [-0.15, -0.1) is 0 Å². The molecule has 1 N–H and O–H groups in total. The summed E-state index contributed by atoms with van der Waals surface area (Å²) in [6.45, 7) is 0.351. The second-order valence-corrected chi connectivity index (χ2v) is 3.98. The Morgan fingerprint density at radius 1 is 1.16 bits per heavy atom. The molecule has 0 bridgehead atoms. The SMILES string of the molecule is COC(=N)c1cccc(OCc2ccc(F)cc2)c1. The lowest BCUT2D eigenvalue weighted by Crippen LogP contribution is -2.02. The van der Waals surface area contributed by atoms with E-state index < -0.39 is 0 Å². The highest BCUT2D eigenvalue weighted by atomic mass is 19.1. The van der Waals surface area contributed by atoms with Gasteiger partial charge in [-0.1, -0.05) is 18.2 Å². The smallest absolute Gasteiger partial charge is 0.213 e. The molecule has 2 aromatic rings. The molecule has 98 valence electrons. The minimum absolute atomic E-state index is 0.0900. The van der Waals surface area contributed by atoms with Gasteiger partial charge in [-0.2, -0.15) is 0 Å². The van der Waals surface area contributed by atoms with E-state index in [4.69, 9.17) is 14.9 Å². The van der Waals surface area contributed by atoms with Crippen molar-refractivity contribution in [2.75, 3.05) is 7.11 Å². The number of methoxy groups -OCH3 is 1. The number of benzene rings is 2. The van der Waals surface area contributed by atoms with Gasteiger partial charge in [0.15, 0.2) is 0 Å². The fourth-order valence-electron chi connectivity index (χ4n) is 1.59. The van der Waals surface area contributed by atoms with Crippen molar-refractivity contribution >= 4 is 5.90 Å². The summed E-state index contributed by atoms with van der Waals surface area (Å²) in [6.07, 6.45) is 0. The number of hydrogen-bond acceptors (Lipinski definition) is 3. The Bertz CT molecular complexity index is 567. The van der Waals surface area contributed by atoms with Gasteiger partial charge in [-0.3, -0.25) is 5.41 Å². The Labute approximate surface area is 111 Å². The Morgan fingerprint density at radius 3 is 2.58 bits per heavy atom. The fraction of sp³-hybridized carbons (Fsp3) is 0.133. The number of rotatable bonds is 4. The first kappa shape index (κ1) is 13.1. The van der Waals surface area contributed by atoms with Gasteiger partial charge in [0.1, 0.15) is 18.2 Å². The lowest BCUT2D eigenvalue weighted by molar-refractivity contribution is 0.305. The van der Waals surface area contributed by atoms with Gasteiger partial charge in [-0.25, -0.2) is 4.39 Å². The molecule has 2 aromatic carbocycles. The summed E-state index contributed by atoms with van der Waals surface area (Å²) >= 11 is 0. The first-order valence-corrected chi connectivity index (χ1v) is 5.79. The van der Waals surface area contributed by atoms with Crippen LogP contribution in [0.25, 0.3) is 0 Å². The van der Waals surface area contributed by atoms with E-state index in [9.17, 15) is 4.39 Å². The topological polar surface area (TPSA) is 42.3 Å². The van der Waals surface area contributed by atoms with Crippen LogP contribution in [0.1, 0.15) is 11.1 Å². The van der Waals surface area contributed by atoms with Gasteiger partial charge in [0.05, 0.1) is 7.11 Å². The summed E-state index contributed by atoms with van der Waals surface area (Å²) in [5, 5.41) is 7.58. The average Bonchev–Trinajstić information content (AvgIpc) is 2.46. The molecule has 0 fully saturated rings. The quantitative estimate of drug-likeness (QED) is 0.675. The third kappa shape index (κ3) is 3.55. The first-order valence-electron chi connectivity index (χ1n) is 5.79. The molecule has 0 atom stereocenters. The van der Waals surface area contributed by atoms with E-state index in [0.717, 1.165) is 5.56 Å². The van der Waals surface area contributed by atoms with Crippen LogP contribution in [0, 0.1) is 11.2 Å². The maximum atomic E-state index is 12.8. The zero-order valence-corrected chi connectivity index (χ0v) is 10.5. The minimum atomic E-state index is -0.265. The lowest BCUT2D eigenvalue weighted by atomic mass is 10.2. The Morgan fingerprint density at radius 2 is 1.89 bits per heavy atom. The summed E-state index contributed by atoms with van der Waals surface area (Å²) in [5.41, 5.74) is 1.53. The first-order chi connectivity index (χ1) is 9.19. The molecule has 0 amide bonds. The van der Waals surface area contributed by atoms with Crippen LogP contribution in [-0.2, 0) is 11.3 Å². The molecule has 19 heavy (non-hydrogen) atoms. The van der Waals surface area contributed by atoms with Crippen LogP contribution in [0.4, 0.5) is 4.39 Å². The Hall–Kier alpha value is -2.36. The van der Waals surface area contributed by atoms with Gasteiger partial charge in [0, 0.05) is 5.56 Å². The van der Waals surface area contributed by atoms with E-state index in [2.05, 4.69) is 0 Å². The van der Waals surface area contributed by atoms with E-state index >= 15 is 0 Å². The van der Waals surface area contributed by atoms with Crippen molar-refractivity contribution < 1.29 is 13.9 Å². The average molecular weight is 259 g/mol. The largest absolute Gasteiger partial charge is 0.489 e. The molecule has 0 aliphatic rings. The highest BCUT2D eigenvalue weighted by Crippen LogP contribution is 2.16. The fourth-order valence-corrected chi connectivity index (χ4v) is 1.59. The molecule has 0 heterocycles. The van der Waals surface area contributed by atoms with Gasteiger partial charge in [-0.05, 0) is 35.9 Å². The molecule has 0 saturated carbocycles. The van der Waals surface area contributed by atoms with Gasteiger partial charge in [0.25, 0.3) is 0 Å². The highest BCUT2D eigenvalue weighted by molar-refractivity contribution is 5.91. The molecule has 2 rings (SSSR count). The van der Waals surface area contributed by atoms with Gasteiger partial charge in [0.2, 0.25) is 5.90 Å². The molecule has 0 spiro atoms. The molecule has 0 radical (unpaired) electrons. The van der Waals surface area contributed by atoms with Gasteiger partial charge >= 0.3 is 0 Å². The highest BCUT2D eigenvalue weighted by Gasteiger charge is 2.03. The van der Waals surface area contributed by atoms with E-state index in [1.807, 2.05) is 0 Å². The summed E-state index contributed by atoms with van der Waals surface area (Å²) < 4.78 is 23.2. The molecule has 4 heteroatoms. The van der Waals surface area contributed by atoms with Crippen molar-refractivity contribution in [1.82, 2.24) is 0 Å². The van der Waals surface area contributed by atoms with Crippen molar-refractivity contribution in [3.63, 3.8) is 0 Å². The number of halogens is 1. The van der Waals surface area contributed by atoms with Crippen molar-refractivity contribution in [2.24, 2.45) is 0 Å².